The zero-order valence-corrected chi connectivity index (χ0v) is 12.9. The number of carboxylic acid groups (broad SMARTS) is 1. The number of piperidine rings is 1. The molecule has 0 aromatic rings. The lowest BCUT2D eigenvalue weighted by Gasteiger charge is -2.37. The Morgan fingerprint density at radius 2 is 2.00 bits per heavy atom. The topological polar surface area (TPSA) is 72.9 Å². The molecule has 21 heavy (non-hydrogen) atoms. The van der Waals surface area contributed by atoms with Crippen LogP contribution in [-0.4, -0.2) is 72.6 Å². The maximum absolute atomic E-state index is 12.4. The normalized spacial score (nSPS) is 25.6. The number of aliphatic carboxylic acids is 1. The van der Waals surface area contributed by atoms with Crippen LogP contribution in [0.3, 0.4) is 0 Å². The second-order valence-electron chi connectivity index (χ2n) is 6.34. The summed E-state index contributed by atoms with van der Waals surface area (Å²) in [4.78, 5) is 27.4. The second-order valence-corrected chi connectivity index (χ2v) is 6.34. The van der Waals surface area contributed by atoms with Crippen LogP contribution in [0.25, 0.3) is 0 Å². The van der Waals surface area contributed by atoms with E-state index in [4.69, 9.17) is 5.11 Å². The van der Waals surface area contributed by atoms with Crippen LogP contribution in [-0.2, 0) is 9.59 Å². The van der Waals surface area contributed by atoms with Crippen LogP contribution in [0.15, 0.2) is 0 Å². The van der Waals surface area contributed by atoms with Crippen molar-refractivity contribution in [3.63, 3.8) is 0 Å². The Balaban J connectivity index is 1.81. The van der Waals surface area contributed by atoms with Crippen molar-refractivity contribution in [2.24, 2.45) is 11.8 Å². The summed E-state index contributed by atoms with van der Waals surface area (Å²) in [5.41, 5.74) is 0. The van der Waals surface area contributed by atoms with Crippen molar-refractivity contribution in [2.75, 3.05) is 45.8 Å². The van der Waals surface area contributed by atoms with Gasteiger partial charge in [-0.25, -0.2) is 0 Å². The van der Waals surface area contributed by atoms with E-state index in [2.05, 4.69) is 10.2 Å². The van der Waals surface area contributed by atoms with Crippen molar-refractivity contribution in [3.8, 4) is 0 Å². The molecule has 0 saturated carbocycles. The van der Waals surface area contributed by atoms with Crippen LogP contribution in [0.1, 0.15) is 26.2 Å². The standard InChI is InChI=1S/C15H27N3O3/c1-12(9-15(20)21)13-3-2-6-18(10-13)14(19)11-17-7-4-16-5-8-17/h12-13,16H,2-11H2,1H3,(H,20,21). The molecule has 0 aromatic heterocycles. The first kappa shape index (κ1) is 16.2. The fourth-order valence-electron chi connectivity index (χ4n) is 3.30. The highest BCUT2D eigenvalue weighted by Gasteiger charge is 2.29. The zero-order chi connectivity index (χ0) is 15.2. The van der Waals surface area contributed by atoms with Crippen LogP contribution >= 0.6 is 0 Å². The minimum Gasteiger partial charge on any atom is -0.481 e. The number of amides is 1. The first-order valence-corrected chi connectivity index (χ1v) is 7.99. The van der Waals surface area contributed by atoms with Crippen LogP contribution < -0.4 is 5.32 Å². The molecular weight excluding hydrogens is 270 g/mol. The Bertz CT molecular complexity index is 369. The van der Waals surface area contributed by atoms with Gasteiger partial charge in [-0.15, -0.1) is 0 Å². The van der Waals surface area contributed by atoms with Gasteiger partial charge < -0.3 is 15.3 Å². The van der Waals surface area contributed by atoms with Crippen molar-refractivity contribution in [2.45, 2.75) is 26.2 Å². The maximum atomic E-state index is 12.4. The molecule has 2 heterocycles. The van der Waals surface area contributed by atoms with Gasteiger partial charge in [0.05, 0.1) is 6.54 Å². The lowest BCUT2D eigenvalue weighted by molar-refractivity contribution is -0.138. The summed E-state index contributed by atoms with van der Waals surface area (Å²) in [7, 11) is 0. The third kappa shape index (κ3) is 4.97. The predicted octanol–water partition coefficient (Wildman–Crippen LogP) is 0.241. The van der Waals surface area contributed by atoms with Gasteiger partial charge in [-0.05, 0) is 24.7 Å². The average Bonchev–Trinajstić information content (AvgIpc) is 2.47. The third-order valence-corrected chi connectivity index (χ3v) is 4.68. The third-order valence-electron chi connectivity index (χ3n) is 4.68. The Labute approximate surface area is 126 Å². The number of hydrogen-bond acceptors (Lipinski definition) is 4. The Morgan fingerprint density at radius 1 is 1.29 bits per heavy atom. The summed E-state index contributed by atoms with van der Waals surface area (Å²) < 4.78 is 0. The summed E-state index contributed by atoms with van der Waals surface area (Å²) >= 11 is 0. The first-order chi connectivity index (χ1) is 10.1. The van der Waals surface area contributed by atoms with Crippen LogP contribution in [0, 0.1) is 11.8 Å². The molecule has 2 aliphatic rings. The zero-order valence-electron chi connectivity index (χ0n) is 12.9. The SMILES string of the molecule is CC(CC(=O)O)C1CCCN(C(=O)CN2CCNCC2)C1. The van der Waals surface area contributed by atoms with Crippen molar-refractivity contribution >= 4 is 11.9 Å². The highest BCUT2D eigenvalue weighted by molar-refractivity contribution is 5.78. The number of rotatable bonds is 5. The first-order valence-electron chi connectivity index (χ1n) is 7.99. The maximum Gasteiger partial charge on any atom is 0.303 e. The van der Waals surface area contributed by atoms with Gasteiger partial charge in [0.15, 0.2) is 0 Å². The van der Waals surface area contributed by atoms with Gasteiger partial charge in [0.1, 0.15) is 0 Å². The minimum absolute atomic E-state index is 0.136. The van der Waals surface area contributed by atoms with Crippen molar-refractivity contribution in [3.05, 3.63) is 0 Å². The molecule has 0 bridgehead atoms. The van der Waals surface area contributed by atoms with Crippen molar-refractivity contribution < 1.29 is 14.7 Å². The molecule has 2 rings (SSSR count). The molecule has 120 valence electrons. The van der Waals surface area contributed by atoms with Gasteiger partial charge in [0.25, 0.3) is 0 Å². The van der Waals surface area contributed by atoms with Gasteiger partial charge in [0, 0.05) is 45.7 Å². The molecule has 6 nitrogen and oxygen atoms in total. The smallest absolute Gasteiger partial charge is 0.303 e. The molecule has 2 atom stereocenters. The molecule has 1 amide bonds. The fourth-order valence-corrected chi connectivity index (χ4v) is 3.30. The number of likely N-dealkylation sites (tertiary alicyclic amines) is 1. The number of nitrogens with one attached hydrogen (secondary N) is 1. The molecule has 2 aliphatic heterocycles. The van der Waals surface area contributed by atoms with Crippen LogP contribution in [0.5, 0.6) is 0 Å². The van der Waals surface area contributed by atoms with Crippen LogP contribution in [0.4, 0.5) is 0 Å². The molecule has 0 spiro atoms. The van der Waals surface area contributed by atoms with E-state index in [1.54, 1.807) is 0 Å². The van der Waals surface area contributed by atoms with E-state index in [0.717, 1.165) is 52.1 Å². The highest BCUT2D eigenvalue weighted by Crippen LogP contribution is 2.26. The highest BCUT2D eigenvalue weighted by atomic mass is 16.4. The molecule has 2 N–H and O–H groups in total. The second kappa shape index (κ2) is 7.75. The Hall–Kier alpha value is -1.14. The largest absolute Gasteiger partial charge is 0.481 e. The summed E-state index contributed by atoms with van der Waals surface area (Å²) in [6, 6.07) is 0. The molecule has 0 aliphatic carbocycles. The Kier molecular flexibility index (Phi) is 5.99. The minimum atomic E-state index is -0.744. The lowest BCUT2D eigenvalue weighted by Crippen LogP contribution is -2.50. The average molecular weight is 297 g/mol. The number of nitrogens with zero attached hydrogens (tertiary/aromatic N) is 2. The fraction of sp³-hybridized carbons (Fsp3) is 0.867. The van der Waals surface area contributed by atoms with Gasteiger partial charge in [-0.1, -0.05) is 6.92 Å². The number of carbonyl (C=O) groups is 2. The molecule has 2 unspecified atom stereocenters. The Morgan fingerprint density at radius 3 is 2.67 bits per heavy atom. The number of carbonyl (C=O) groups excluding carboxylic acids is 1. The van der Waals surface area contributed by atoms with E-state index in [1.165, 1.54) is 0 Å². The van der Waals surface area contributed by atoms with Gasteiger partial charge in [0.2, 0.25) is 5.91 Å². The molecule has 2 saturated heterocycles. The predicted molar refractivity (Wildman–Crippen MR) is 80.0 cm³/mol. The van der Waals surface area contributed by atoms with Gasteiger partial charge in [-0.2, -0.15) is 0 Å². The van der Waals surface area contributed by atoms with E-state index in [1.807, 2.05) is 11.8 Å². The molecule has 6 heteroatoms. The van der Waals surface area contributed by atoms with E-state index in [0.29, 0.717) is 12.5 Å². The summed E-state index contributed by atoms with van der Waals surface area (Å²) in [5, 5.41) is 12.2. The van der Waals surface area contributed by atoms with Gasteiger partial charge >= 0.3 is 5.97 Å². The van der Waals surface area contributed by atoms with Crippen molar-refractivity contribution in [1.29, 1.82) is 0 Å². The number of carboxylic acids is 1. The lowest BCUT2D eigenvalue weighted by atomic mass is 9.84. The van der Waals surface area contributed by atoms with E-state index in [-0.39, 0.29) is 18.2 Å². The van der Waals surface area contributed by atoms with E-state index >= 15 is 0 Å². The van der Waals surface area contributed by atoms with Gasteiger partial charge in [-0.3, -0.25) is 14.5 Å². The quantitative estimate of drug-likeness (QED) is 0.760. The summed E-state index contributed by atoms with van der Waals surface area (Å²) in [6.07, 6.45) is 2.22. The molecule has 0 aromatic carbocycles. The summed E-state index contributed by atoms with van der Waals surface area (Å²) in [5.74, 6) is -0.0880. The molecule has 2 fully saturated rings. The van der Waals surface area contributed by atoms with E-state index < -0.39 is 5.97 Å². The van der Waals surface area contributed by atoms with E-state index in [9.17, 15) is 9.59 Å². The van der Waals surface area contributed by atoms with Crippen molar-refractivity contribution in [1.82, 2.24) is 15.1 Å². The van der Waals surface area contributed by atoms with Crippen LogP contribution in [0.2, 0.25) is 0 Å². The number of piperazine rings is 1. The molecule has 0 radical (unpaired) electrons. The number of hydrogen-bond donors (Lipinski definition) is 2. The summed E-state index contributed by atoms with van der Waals surface area (Å²) in [6.45, 7) is 7.79. The monoisotopic (exact) mass is 297 g/mol. The molecular formula is C15H27N3O3.